The van der Waals surface area contributed by atoms with Gasteiger partial charge in [-0.2, -0.15) is 0 Å². The van der Waals surface area contributed by atoms with Crippen LogP contribution >= 0.6 is 0 Å². The fourth-order valence-corrected chi connectivity index (χ4v) is 4.07. The molecular weight excluding hydrogens is 418 g/mol. The number of hydrogen-bond acceptors (Lipinski definition) is 5. The highest BCUT2D eigenvalue weighted by atomic mass is 16.5. The largest absolute Gasteiger partial charge is 0.507 e. The number of carbonyl (C=O) groups excluding carboxylic acids is 2. The summed E-state index contributed by atoms with van der Waals surface area (Å²) in [5.74, 6) is 0.464. The molecule has 1 amide bonds. The lowest BCUT2D eigenvalue weighted by Gasteiger charge is -2.24. The van der Waals surface area contributed by atoms with Crippen molar-refractivity contribution in [2.75, 3.05) is 13.7 Å². The number of carbonyl (C=O) groups is 2. The number of hydrogen-bond donors (Lipinski definition) is 1. The van der Waals surface area contributed by atoms with Crippen LogP contribution in [0.1, 0.15) is 29.7 Å². The molecule has 6 nitrogen and oxygen atoms in total. The Morgan fingerprint density at radius 2 is 1.58 bits per heavy atom. The molecule has 1 fully saturated rings. The number of aliphatic hydroxyl groups excluding tert-OH is 1. The predicted molar refractivity (Wildman–Crippen MR) is 125 cm³/mol. The zero-order valence-corrected chi connectivity index (χ0v) is 18.7. The van der Waals surface area contributed by atoms with Gasteiger partial charge < -0.3 is 19.5 Å². The minimum Gasteiger partial charge on any atom is -0.507 e. The lowest BCUT2D eigenvalue weighted by molar-refractivity contribution is -0.139. The van der Waals surface area contributed by atoms with Gasteiger partial charge in [-0.15, -0.1) is 0 Å². The number of Topliss-reactive ketones (excluding diaryl/α,β-unsaturated/α-hetero) is 1. The fraction of sp³-hybridized carbons (Fsp3) is 0.185. The van der Waals surface area contributed by atoms with Gasteiger partial charge in [0.25, 0.3) is 11.7 Å². The Balaban J connectivity index is 1.75. The van der Waals surface area contributed by atoms with Crippen LogP contribution in [0.15, 0.2) is 78.4 Å². The van der Waals surface area contributed by atoms with Gasteiger partial charge >= 0.3 is 0 Å². The molecule has 6 heteroatoms. The number of rotatable bonds is 6. The van der Waals surface area contributed by atoms with Crippen LogP contribution in [0.25, 0.3) is 5.76 Å². The molecule has 0 bridgehead atoms. The first-order valence-electron chi connectivity index (χ1n) is 10.7. The molecule has 3 aromatic rings. The molecule has 1 saturated heterocycles. The number of likely N-dealkylation sites (N-methyl/N-ethyl adjacent to an activating group) is 1. The molecule has 0 spiro atoms. The SMILES string of the molecule is CCN1C(=O)C(=O)/C(=C(/O)c2ccc(OC)cc2C)C1c1ccc(Oc2ccccc2)cc1. The van der Waals surface area contributed by atoms with Crippen molar-refractivity contribution in [2.24, 2.45) is 0 Å². The van der Waals surface area contributed by atoms with Crippen molar-refractivity contribution in [3.05, 3.63) is 95.1 Å². The maximum atomic E-state index is 13.0. The van der Waals surface area contributed by atoms with Crippen LogP contribution in [0.4, 0.5) is 0 Å². The number of ketones is 1. The Morgan fingerprint density at radius 3 is 2.18 bits per heavy atom. The molecule has 0 aromatic heterocycles. The van der Waals surface area contributed by atoms with E-state index in [4.69, 9.17) is 9.47 Å². The Bertz CT molecular complexity index is 1220. The summed E-state index contributed by atoms with van der Waals surface area (Å²) in [7, 11) is 1.56. The first-order chi connectivity index (χ1) is 15.9. The van der Waals surface area contributed by atoms with Crippen LogP contribution in [-0.4, -0.2) is 35.4 Å². The lowest BCUT2D eigenvalue weighted by atomic mass is 9.94. The zero-order valence-electron chi connectivity index (χ0n) is 18.7. The molecule has 1 heterocycles. The Labute approximate surface area is 192 Å². The van der Waals surface area contributed by atoms with E-state index in [9.17, 15) is 14.7 Å². The van der Waals surface area contributed by atoms with E-state index in [0.717, 1.165) is 5.56 Å². The number of aliphatic hydroxyl groups is 1. The number of methoxy groups -OCH3 is 1. The van der Waals surface area contributed by atoms with Gasteiger partial charge in [0.1, 0.15) is 23.0 Å². The van der Waals surface area contributed by atoms with E-state index in [1.54, 1.807) is 37.4 Å². The molecule has 1 unspecified atom stereocenters. The summed E-state index contributed by atoms with van der Waals surface area (Å²) in [5.41, 5.74) is 2.01. The standard InChI is InChI=1S/C27H25NO5/c1-4-28-24(18-10-12-20(13-11-18)33-19-8-6-5-7-9-19)23(26(30)27(28)31)25(29)22-15-14-21(32-3)16-17(22)2/h5-16,24,29H,4H2,1-3H3/b25-23+. The summed E-state index contributed by atoms with van der Waals surface area (Å²) in [4.78, 5) is 27.2. The van der Waals surface area contributed by atoms with Gasteiger partial charge in [0.05, 0.1) is 18.7 Å². The molecule has 0 radical (unpaired) electrons. The first-order valence-corrected chi connectivity index (χ1v) is 10.7. The monoisotopic (exact) mass is 443 g/mol. The highest BCUT2D eigenvalue weighted by Crippen LogP contribution is 2.40. The maximum absolute atomic E-state index is 13.0. The third kappa shape index (κ3) is 4.20. The number of amides is 1. The van der Waals surface area contributed by atoms with Gasteiger partial charge in [0.15, 0.2) is 0 Å². The molecule has 1 atom stereocenters. The summed E-state index contributed by atoms with van der Waals surface area (Å²) < 4.78 is 11.1. The third-order valence-corrected chi connectivity index (χ3v) is 5.74. The number of benzene rings is 3. The predicted octanol–water partition coefficient (Wildman–Crippen LogP) is 5.24. The number of nitrogens with zero attached hydrogens (tertiary/aromatic N) is 1. The van der Waals surface area contributed by atoms with Gasteiger partial charge in [0, 0.05) is 12.1 Å². The molecule has 4 rings (SSSR count). The molecule has 3 aromatic carbocycles. The van der Waals surface area contributed by atoms with E-state index in [1.807, 2.05) is 56.3 Å². The van der Waals surface area contributed by atoms with Crippen molar-refractivity contribution >= 4 is 17.4 Å². The Kier molecular flexibility index (Phi) is 6.18. The van der Waals surface area contributed by atoms with Gasteiger partial charge in [-0.25, -0.2) is 0 Å². The lowest BCUT2D eigenvalue weighted by Crippen LogP contribution is -2.29. The summed E-state index contributed by atoms with van der Waals surface area (Å²) >= 11 is 0. The fourth-order valence-electron chi connectivity index (χ4n) is 4.07. The summed E-state index contributed by atoms with van der Waals surface area (Å²) in [6.07, 6.45) is 0. The second-order valence-electron chi connectivity index (χ2n) is 7.75. The Morgan fingerprint density at radius 1 is 0.939 bits per heavy atom. The van der Waals surface area contributed by atoms with E-state index in [1.165, 1.54) is 4.90 Å². The molecule has 1 N–H and O–H groups in total. The van der Waals surface area contributed by atoms with Crippen molar-refractivity contribution in [2.45, 2.75) is 19.9 Å². The van der Waals surface area contributed by atoms with E-state index < -0.39 is 17.7 Å². The molecule has 1 aliphatic rings. The van der Waals surface area contributed by atoms with Crippen molar-refractivity contribution in [1.29, 1.82) is 0 Å². The van der Waals surface area contributed by atoms with E-state index in [-0.39, 0.29) is 11.3 Å². The number of likely N-dealkylation sites (tertiary alicyclic amines) is 1. The van der Waals surface area contributed by atoms with Gasteiger partial charge in [0.2, 0.25) is 0 Å². The molecular formula is C27H25NO5. The van der Waals surface area contributed by atoms with Crippen LogP contribution in [0, 0.1) is 6.92 Å². The van der Waals surface area contributed by atoms with E-state index in [2.05, 4.69) is 0 Å². The van der Waals surface area contributed by atoms with Crippen LogP contribution in [0.2, 0.25) is 0 Å². The quantitative estimate of drug-likeness (QED) is 0.320. The number of ether oxygens (including phenoxy) is 2. The normalized spacial score (nSPS) is 17.3. The van der Waals surface area contributed by atoms with Crippen LogP contribution in [0.5, 0.6) is 17.2 Å². The molecule has 33 heavy (non-hydrogen) atoms. The highest BCUT2D eigenvalue weighted by molar-refractivity contribution is 6.46. The molecule has 0 saturated carbocycles. The van der Waals surface area contributed by atoms with Crippen molar-refractivity contribution in [3.63, 3.8) is 0 Å². The summed E-state index contributed by atoms with van der Waals surface area (Å²) in [5, 5.41) is 11.2. The first kappa shape index (κ1) is 22.1. The van der Waals surface area contributed by atoms with Crippen molar-refractivity contribution in [3.8, 4) is 17.2 Å². The topological polar surface area (TPSA) is 76.1 Å². The van der Waals surface area contributed by atoms with Gasteiger partial charge in [-0.05, 0) is 67.4 Å². The summed E-state index contributed by atoms with van der Waals surface area (Å²) in [6.45, 7) is 3.96. The van der Waals surface area contributed by atoms with E-state index >= 15 is 0 Å². The second-order valence-corrected chi connectivity index (χ2v) is 7.75. The minimum absolute atomic E-state index is 0.0758. The molecule has 168 valence electrons. The second kappa shape index (κ2) is 9.20. The maximum Gasteiger partial charge on any atom is 0.295 e. The van der Waals surface area contributed by atoms with Crippen molar-refractivity contribution in [1.82, 2.24) is 4.90 Å². The minimum atomic E-state index is -0.695. The van der Waals surface area contributed by atoms with Gasteiger partial charge in [-0.3, -0.25) is 9.59 Å². The third-order valence-electron chi connectivity index (χ3n) is 5.74. The van der Waals surface area contributed by atoms with E-state index in [0.29, 0.717) is 34.9 Å². The highest BCUT2D eigenvalue weighted by Gasteiger charge is 2.45. The molecule has 0 aliphatic carbocycles. The summed E-state index contributed by atoms with van der Waals surface area (Å²) in [6, 6.07) is 21.1. The molecule has 1 aliphatic heterocycles. The number of para-hydroxylation sites is 1. The number of aryl methyl sites for hydroxylation is 1. The van der Waals surface area contributed by atoms with Crippen LogP contribution < -0.4 is 9.47 Å². The zero-order chi connectivity index (χ0) is 23.5. The average Bonchev–Trinajstić information content (AvgIpc) is 3.09. The smallest absolute Gasteiger partial charge is 0.295 e. The van der Waals surface area contributed by atoms with Crippen LogP contribution in [-0.2, 0) is 9.59 Å². The Hall–Kier alpha value is -4.06. The van der Waals surface area contributed by atoms with Crippen molar-refractivity contribution < 1.29 is 24.2 Å². The van der Waals surface area contributed by atoms with Gasteiger partial charge in [-0.1, -0.05) is 30.3 Å². The van der Waals surface area contributed by atoms with Crippen LogP contribution in [0.3, 0.4) is 0 Å². The average molecular weight is 443 g/mol.